The third kappa shape index (κ3) is 5.95. The van der Waals surface area contributed by atoms with Crippen LogP contribution in [0.1, 0.15) is 49.4 Å². The summed E-state index contributed by atoms with van der Waals surface area (Å²) in [4.78, 5) is 27.5. The van der Waals surface area contributed by atoms with Crippen LogP contribution in [0.25, 0.3) is 0 Å². The molecular formula is C24H32N2O2. The maximum absolute atomic E-state index is 13.2. The highest BCUT2D eigenvalue weighted by Gasteiger charge is 2.26. The van der Waals surface area contributed by atoms with Crippen LogP contribution in [-0.4, -0.2) is 28.8 Å². The second kappa shape index (κ2) is 10.1. The van der Waals surface area contributed by atoms with Gasteiger partial charge >= 0.3 is 0 Å². The maximum Gasteiger partial charge on any atom is 0.242 e. The van der Waals surface area contributed by atoms with E-state index in [1.165, 1.54) is 11.1 Å². The third-order valence-electron chi connectivity index (χ3n) is 5.29. The highest BCUT2D eigenvalue weighted by atomic mass is 16.2. The van der Waals surface area contributed by atoms with Gasteiger partial charge < -0.3 is 10.2 Å². The lowest BCUT2D eigenvalue weighted by atomic mass is 10.0. The van der Waals surface area contributed by atoms with Crippen molar-refractivity contribution < 1.29 is 9.59 Å². The molecule has 2 rings (SSSR count). The molecule has 0 unspecified atom stereocenters. The van der Waals surface area contributed by atoms with Crippen LogP contribution in [0.5, 0.6) is 0 Å². The fourth-order valence-electron chi connectivity index (χ4n) is 3.02. The van der Waals surface area contributed by atoms with E-state index in [9.17, 15) is 9.59 Å². The van der Waals surface area contributed by atoms with Gasteiger partial charge in [0, 0.05) is 12.6 Å². The zero-order chi connectivity index (χ0) is 20.7. The molecule has 0 bridgehead atoms. The van der Waals surface area contributed by atoms with Gasteiger partial charge in [0.1, 0.15) is 6.04 Å². The summed E-state index contributed by atoms with van der Waals surface area (Å²) >= 11 is 0. The second-order valence-corrected chi connectivity index (χ2v) is 7.60. The van der Waals surface area contributed by atoms with E-state index in [-0.39, 0.29) is 24.3 Å². The molecule has 0 radical (unpaired) electrons. The average molecular weight is 381 g/mol. The van der Waals surface area contributed by atoms with E-state index < -0.39 is 6.04 Å². The van der Waals surface area contributed by atoms with Gasteiger partial charge in [0.25, 0.3) is 0 Å². The van der Waals surface area contributed by atoms with Crippen LogP contribution >= 0.6 is 0 Å². The molecule has 2 amide bonds. The summed E-state index contributed by atoms with van der Waals surface area (Å²) in [6.07, 6.45) is 1.14. The van der Waals surface area contributed by atoms with Crippen molar-refractivity contribution in [2.75, 3.05) is 0 Å². The molecule has 0 aliphatic rings. The lowest BCUT2D eigenvalue weighted by molar-refractivity contribution is -0.140. The highest BCUT2D eigenvalue weighted by Crippen LogP contribution is 2.15. The summed E-state index contributed by atoms with van der Waals surface area (Å²) in [5.74, 6) is -0.155. The normalized spacial score (nSPS) is 12.9. The summed E-state index contributed by atoms with van der Waals surface area (Å²) in [5, 5.41) is 3.00. The van der Waals surface area contributed by atoms with Crippen LogP contribution in [0, 0.1) is 13.8 Å². The molecule has 28 heavy (non-hydrogen) atoms. The molecule has 0 fully saturated rings. The van der Waals surface area contributed by atoms with Crippen LogP contribution in [-0.2, 0) is 22.6 Å². The molecule has 4 nitrogen and oxygen atoms in total. The summed E-state index contributed by atoms with van der Waals surface area (Å²) in [6.45, 7) is 10.3. The Morgan fingerprint density at radius 1 is 0.964 bits per heavy atom. The fourth-order valence-corrected chi connectivity index (χ4v) is 3.02. The lowest BCUT2D eigenvalue weighted by Gasteiger charge is -2.30. The molecule has 0 heterocycles. The number of aryl methyl sites for hydroxylation is 2. The molecule has 4 heteroatoms. The van der Waals surface area contributed by atoms with Gasteiger partial charge in [0.15, 0.2) is 0 Å². The van der Waals surface area contributed by atoms with Gasteiger partial charge in [-0.2, -0.15) is 0 Å². The Labute approximate surface area is 169 Å². The monoisotopic (exact) mass is 380 g/mol. The number of carbonyl (C=O) groups is 2. The van der Waals surface area contributed by atoms with Gasteiger partial charge in [0.05, 0.1) is 6.42 Å². The first-order chi connectivity index (χ1) is 13.3. The van der Waals surface area contributed by atoms with Crippen molar-refractivity contribution in [3.05, 3.63) is 70.8 Å². The molecule has 0 aliphatic heterocycles. The quantitative estimate of drug-likeness (QED) is 0.747. The van der Waals surface area contributed by atoms with Crippen LogP contribution in [0.3, 0.4) is 0 Å². The van der Waals surface area contributed by atoms with E-state index >= 15 is 0 Å². The molecule has 150 valence electrons. The fraction of sp³-hybridized carbons (Fsp3) is 0.417. The van der Waals surface area contributed by atoms with Gasteiger partial charge in [-0.1, -0.05) is 55.5 Å². The first-order valence-electron chi connectivity index (χ1n) is 10.0. The minimum Gasteiger partial charge on any atom is -0.352 e. The van der Waals surface area contributed by atoms with Gasteiger partial charge in [-0.3, -0.25) is 9.59 Å². The number of nitrogens with zero attached hydrogens (tertiary/aromatic N) is 1. The Morgan fingerprint density at radius 2 is 1.64 bits per heavy atom. The van der Waals surface area contributed by atoms with E-state index in [1.54, 1.807) is 11.8 Å². The van der Waals surface area contributed by atoms with Crippen molar-refractivity contribution in [3.8, 4) is 0 Å². The largest absolute Gasteiger partial charge is 0.352 e. The van der Waals surface area contributed by atoms with Gasteiger partial charge in [-0.15, -0.1) is 0 Å². The van der Waals surface area contributed by atoms with Crippen molar-refractivity contribution in [2.24, 2.45) is 0 Å². The SMILES string of the molecule is CC[C@H](C)NC(=O)[C@H](C)N(Cc1ccccc1)C(=O)Cc1ccc(C)c(C)c1. The van der Waals surface area contributed by atoms with E-state index in [0.717, 1.165) is 17.5 Å². The summed E-state index contributed by atoms with van der Waals surface area (Å²) in [7, 11) is 0. The van der Waals surface area contributed by atoms with Crippen molar-refractivity contribution in [1.29, 1.82) is 0 Å². The minimum absolute atomic E-state index is 0.0427. The summed E-state index contributed by atoms with van der Waals surface area (Å²) < 4.78 is 0. The Bertz CT molecular complexity index is 802. The van der Waals surface area contributed by atoms with Crippen LogP contribution in [0.2, 0.25) is 0 Å². The minimum atomic E-state index is -0.534. The number of rotatable bonds is 8. The Morgan fingerprint density at radius 3 is 2.25 bits per heavy atom. The van der Waals surface area contributed by atoms with Crippen molar-refractivity contribution in [1.82, 2.24) is 10.2 Å². The molecule has 0 aromatic heterocycles. The van der Waals surface area contributed by atoms with Crippen LogP contribution in [0.15, 0.2) is 48.5 Å². The van der Waals surface area contributed by atoms with Crippen LogP contribution in [0.4, 0.5) is 0 Å². The second-order valence-electron chi connectivity index (χ2n) is 7.60. The predicted molar refractivity (Wildman–Crippen MR) is 114 cm³/mol. The number of nitrogens with one attached hydrogen (secondary N) is 1. The number of amides is 2. The van der Waals surface area contributed by atoms with E-state index in [2.05, 4.69) is 18.3 Å². The van der Waals surface area contributed by atoms with E-state index in [0.29, 0.717) is 6.54 Å². The Hall–Kier alpha value is -2.62. The van der Waals surface area contributed by atoms with Crippen LogP contribution < -0.4 is 5.32 Å². The summed E-state index contributed by atoms with van der Waals surface area (Å²) in [6, 6.07) is 15.4. The van der Waals surface area contributed by atoms with Gasteiger partial charge in [0.2, 0.25) is 11.8 Å². The zero-order valence-electron chi connectivity index (χ0n) is 17.7. The standard InChI is InChI=1S/C24H32N2O2/c1-6-19(4)25-24(28)20(5)26(16-21-10-8-7-9-11-21)23(27)15-22-13-12-17(2)18(3)14-22/h7-14,19-20H,6,15-16H2,1-5H3,(H,25,28)/t19-,20-/m0/s1. The molecule has 0 saturated heterocycles. The molecule has 2 aromatic rings. The lowest BCUT2D eigenvalue weighted by Crippen LogP contribution is -2.49. The average Bonchev–Trinajstić information content (AvgIpc) is 2.69. The van der Waals surface area contributed by atoms with Gasteiger partial charge in [-0.25, -0.2) is 0 Å². The zero-order valence-corrected chi connectivity index (χ0v) is 17.7. The third-order valence-corrected chi connectivity index (χ3v) is 5.29. The Kier molecular flexibility index (Phi) is 7.80. The predicted octanol–water partition coefficient (Wildman–Crippen LogP) is 4.18. The first-order valence-corrected chi connectivity index (χ1v) is 10.0. The number of hydrogen-bond donors (Lipinski definition) is 1. The topological polar surface area (TPSA) is 49.4 Å². The smallest absolute Gasteiger partial charge is 0.242 e. The van der Waals surface area contributed by atoms with E-state index in [1.807, 2.05) is 63.2 Å². The number of hydrogen-bond acceptors (Lipinski definition) is 2. The molecule has 1 N–H and O–H groups in total. The number of benzene rings is 2. The molecule has 0 saturated carbocycles. The molecule has 2 atom stereocenters. The van der Waals surface area contributed by atoms with Gasteiger partial charge in [-0.05, 0) is 56.4 Å². The first kappa shape index (κ1) is 21.7. The summed E-state index contributed by atoms with van der Waals surface area (Å²) in [5.41, 5.74) is 4.36. The Balaban J connectivity index is 2.21. The number of carbonyl (C=O) groups excluding carboxylic acids is 2. The molecule has 0 aliphatic carbocycles. The maximum atomic E-state index is 13.2. The van der Waals surface area contributed by atoms with Crippen molar-refractivity contribution >= 4 is 11.8 Å². The van der Waals surface area contributed by atoms with Crippen molar-refractivity contribution in [2.45, 2.75) is 66.1 Å². The molecule has 2 aromatic carbocycles. The van der Waals surface area contributed by atoms with Crippen molar-refractivity contribution in [3.63, 3.8) is 0 Å². The molecule has 0 spiro atoms. The van der Waals surface area contributed by atoms with E-state index in [4.69, 9.17) is 0 Å². The molecular weight excluding hydrogens is 348 g/mol. The highest BCUT2D eigenvalue weighted by molar-refractivity contribution is 5.88.